The molecule has 1 saturated heterocycles. The fraction of sp³-hybridized carbons (Fsp3) is 0.643. The molecule has 1 N–H and O–H groups in total. The third kappa shape index (κ3) is 4.97. The Bertz CT molecular complexity index is 548. The van der Waals surface area contributed by atoms with Crippen LogP contribution in [-0.2, 0) is 11.3 Å². The molecule has 1 aromatic heterocycles. The summed E-state index contributed by atoms with van der Waals surface area (Å²) in [5.74, 6) is 0. The molecule has 0 radical (unpaired) electrons. The van der Waals surface area contributed by atoms with Gasteiger partial charge in [-0.1, -0.05) is 11.6 Å². The Labute approximate surface area is 140 Å². The van der Waals surface area contributed by atoms with E-state index in [-0.39, 0.29) is 17.4 Å². The lowest BCUT2D eigenvalue weighted by Gasteiger charge is -2.24. The second-order valence-corrected chi connectivity index (χ2v) is 6.94. The Morgan fingerprint density at radius 2 is 2.23 bits per heavy atom. The maximum atomic E-state index is 12.0. The summed E-state index contributed by atoms with van der Waals surface area (Å²) in [6.45, 7) is 7.40. The SMILES string of the molecule is CC(C)(C)OC(=O)N1CC[C@H](NCc2cnc(Cl)nc2Cl)C1. The van der Waals surface area contributed by atoms with Gasteiger partial charge >= 0.3 is 6.09 Å². The van der Waals surface area contributed by atoms with Gasteiger partial charge in [0.1, 0.15) is 10.8 Å². The number of likely N-dealkylation sites (tertiary alicyclic amines) is 1. The van der Waals surface area contributed by atoms with E-state index in [1.165, 1.54) is 0 Å². The first kappa shape index (κ1) is 17.2. The summed E-state index contributed by atoms with van der Waals surface area (Å²) in [7, 11) is 0. The lowest BCUT2D eigenvalue weighted by molar-refractivity contribution is 0.0291. The highest BCUT2D eigenvalue weighted by molar-refractivity contribution is 6.32. The van der Waals surface area contributed by atoms with Crippen LogP contribution < -0.4 is 5.32 Å². The molecule has 0 unspecified atom stereocenters. The summed E-state index contributed by atoms with van der Waals surface area (Å²) in [5.41, 5.74) is 0.304. The largest absolute Gasteiger partial charge is 0.444 e. The van der Waals surface area contributed by atoms with E-state index < -0.39 is 5.60 Å². The maximum Gasteiger partial charge on any atom is 0.410 e. The van der Waals surface area contributed by atoms with Crippen molar-refractivity contribution in [3.05, 3.63) is 22.2 Å². The molecule has 1 atom stereocenters. The number of ether oxygens (including phenoxy) is 1. The smallest absolute Gasteiger partial charge is 0.410 e. The van der Waals surface area contributed by atoms with Gasteiger partial charge < -0.3 is 15.0 Å². The maximum absolute atomic E-state index is 12.0. The number of nitrogens with zero attached hydrogens (tertiary/aromatic N) is 3. The minimum absolute atomic E-state index is 0.130. The van der Waals surface area contributed by atoms with Gasteiger partial charge in [0.2, 0.25) is 5.28 Å². The van der Waals surface area contributed by atoms with Crippen molar-refractivity contribution in [1.82, 2.24) is 20.2 Å². The average Bonchev–Trinajstić information content (AvgIpc) is 2.84. The molecule has 2 heterocycles. The van der Waals surface area contributed by atoms with Crippen LogP contribution in [-0.4, -0.2) is 45.7 Å². The molecule has 0 aromatic carbocycles. The molecule has 22 heavy (non-hydrogen) atoms. The van der Waals surface area contributed by atoms with Crippen molar-refractivity contribution in [2.75, 3.05) is 13.1 Å². The monoisotopic (exact) mass is 346 g/mol. The van der Waals surface area contributed by atoms with Crippen LogP contribution in [0.3, 0.4) is 0 Å². The van der Waals surface area contributed by atoms with Crippen LogP contribution in [0.2, 0.25) is 10.4 Å². The summed E-state index contributed by atoms with van der Waals surface area (Å²) < 4.78 is 5.37. The van der Waals surface area contributed by atoms with E-state index >= 15 is 0 Å². The molecule has 0 spiro atoms. The van der Waals surface area contributed by atoms with Gasteiger partial charge in [0, 0.05) is 37.4 Å². The number of amides is 1. The van der Waals surface area contributed by atoms with Crippen molar-refractivity contribution >= 4 is 29.3 Å². The summed E-state index contributed by atoms with van der Waals surface area (Å²) >= 11 is 11.7. The zero-order valence-corrected chi connectivity index (χ0v) is 14.4. The second kappa shape index (κ2) is 6.98. The quantitative estimate of drug-likeness (QED) is 0.673. The number of carbonyl (C=O) groups excluding carboxylic acids is 1. The van der Waals surface area contributed by atoms with Gasteiger partial charge in [-0.15, -0.1) is 0 Å². The van der Waals surface area contributed by atoms with Crippen LogP contribution in [0.25, 0.3) is 0 Å². The van der Waals surface area contributed by atoms with E-state index in [2.05, 4.69) is 15.3 Å². The van der Waals surface area contributed by atoms with Crippen molar-refractivity contribution in [3.8, 4) is 0 Å². The van der Waals surface area contributed by atoms with E-state index in [0.717, 1.165) is 12.0 Å². The topological polar surface area (TPSA) is 67.3 Å². The predicted octanol–water partition coefficient (Wildman–Crippen LogP) is 2.88. The van der Waals surface area contributed by atoms with Gasteiger partial charge in [-0.2, -0.15) is 0 Å². The summed E-state index contributed by atoms with van der Waals surface area (Å²) in [5, 5.41) is 3.82. The van der Waals surface area contributed by atoms with Crippen LogP contribution in [0, 0.1) is 0 Å². The molecule has 6 nitrogen and oxygen atoms in total. The van der Waals surface area contributed by atoms with Crippen molar-refractivity contribution in [2.45, 2.75) is 45.4 Å². The van der Waals surface area contributed by atoms with Crippen LogP contribution in [0.4, 0.5) is 4.79 Å². The summed E-state index contributed by atoms with van der Waals surface area (Å²) in [6.07, 6.45) is 2.20. The number of nitrogens with one attached hydrogen (secondary N) is 1. The Morgan fingerprint density at radius 3 is 2.86 bits per heavy atom. The van der Waals surface area contributed by atoms with Gasteiger partial charge in [-0.3, -0.25) is 0 Å². The molecular formula is C14H20Cl2N4O2. The van der Waals surface area contributed by atoms with Crippen LogP contribution in [0.5, 0.6) is 0 Å². The fourth-order valence-corrected chi connectivity index (χ4v) is 2.53. The van der Waals surface area contributed by atoms with E-state index in [1.807, 2.05) is 20.8 Å². The number of halogens is 2. The lowest BCUT2D eigenvalue weighted by Crippen LogP contribution is -2.38. The molecular weight excluding hydrogens is 327 g/mol. The fourth-order valence-electron chi connectivity index (χ4n) is 2.16. The first-order valence-corrected chi connectivity index (χ1v) is 7.88. The number of hydrogen-bond acceptors (Lipinski definition) is 5. The lowest BCUT2D eigenvalue weighted by atomic mass is 10.2. The standard InChI is InChI=1S/C14H20Cl2N4O2/c1-14(2,3)22-13(21)20-5-4-10(8-20)17-6-9-7-18-12(16)19-11(9)15/h7,10,17H,4-6,8H2,1-3H3/t10-/m0/s1. The molecule has 1 fully saturated rings. The Morgan fingerprint density at radius 1 is 1.50 bits per heavy atom. The van der Waals surface area contributed by atoms with Gasteiger partial charge in [0.05, 0.1) is 0 Å². The zero-order valence-electron chi connectivity index (χ0n) is 12.9. The number of aromatic nitrogens is 2. The van der Waals surface area contributed by atoms with Gasteiger partial charge in [0.15, 0.2) is 0 Å². The molecule has 0 aliphatic carbocycles. The van der Waals surface area contributed by atoms with Gasteiger partial charge in [0.25, 0.3) is 0 Å². The Kier molecular flexibility index (Phi) is 5.47. The Balaban J connectivity index is 1.82. The van der Waals surface area contributed by atoms with Crippen molar-refractivity contribution in [1.29, 1.82) is 0 Å². The molecule has 1 aromatic rings. The van der Waals surface area contributed by atoms with Crippen molar-refractivity contribution in [2.24, 2.45) is 0 Å². The number of hydrogen-bond donors (Lipinski definition) is 1. The van der Waals surface area contributed by atoms with E-state index in [9.17, 15) is 4.79 Å². The van der Waals surface area contributed by atoms with Gasteiger partial charge in [-0.05, 0) is 38.8 Å². The van der Waals surface area contributed by atoms with Crippen molar-refractivity contribution in [3.63, 3.8) is 0 Å². The predicted molar refractivity (Wildman–Crippen MR) is 85.1 cm³/mol. The molecule has 1 aliphatic heterocycles. The minimum atomic E-state index is -0.475. The van der Waals surface area contributed by atoms with Crippen LogP contribution in [0.1, 0.15) is 32.8 Å². The third-order valence-electron chi connectivity index (χ3n) is 3.20. The van der Waals surface area contributed by atoms with Crippen molar-refractivity contribution < 1.29 is 9.53 Å². The molecule has 8 heteroatoms. The van der Waals surface area contributed by atoms with Crippen LogP contribution >= 0.6 is 23.2 Å². The highest BCUT2D eigenvalue weighted by atomic mass is 35.5. The number of carbonyl (C=O) groups is 1. The van der Waals surface area contributed by atoms with Gasteiger partial charge in [-0.25, -0.2) is 14.8 Å². The highest BCUT2D eigenvalue weighted by Crippen LogP contribution is 2.17. The second-order valence-electron chi connectivity index (χ2n) is 6.25. The van der Waals surface area contributed by atoms with E-state index in [1.54, 1.807) is 11.1 Å². The normalized spacial score (nSPS) is 18.6. The third-order valence-corrected chi connectivity index (χ3v) is 3.71. The molecule has 122 valence electrons. The minimum Gasteiger partial charge on any atom is -0.444 e. The number of rotatable bonds is 3. The summed E-state index contributed by atoms with van der Waals surface area (Å²) in [6, 6.07) is 0.194. The average molecular weight is 347 g/mol. The molecule has 1 aliphatic rings. The van der Waals surface area contributed by atoms with E-state index in [4.69, 9.17) is 27.9 Å². The van der Waals surface area contributed by atoms with E-state index in [0.29, 0.717) is 24.8 Å². The first-order chi connectivity index (χ1) is 10.2. The zero-order chi connectivity index (χ0) is 16.3. The molecule has 1 amide bonds. The van der Waals surface area contributed by atoms with Crippen LogP contribution in [0.15, 0.2) is 6.20 Å². The summed E-state index contributed by atoms with van der Waals surface area (Å²) in [4.78, 5) is 21.5. The Hall–Kier alpha value is -1.11. The molecule has 0 bridgehead atoms. The highest BCUT2D eigenvalue weighted by Gasteiger charge is 2.29. The first-order valence-electron chi connectivity index (χ1n) is 7.13. The molecule has 2 rings (SSSR count). The molecule has 0 saturated carbocycles.